The summed E-state index contributed by atoms with van der Waals surface area (Å²) in [6.45, 7) is 3.97. The normalized spacial score (nSPS) is 9.27. The highest BCUT2D eigenvalue weighted by Crippen LogP contribution is 2.16. The lowest BCUT2D eigenvalue weighted by Gasteiger charge is -2.10. The Hall–Kier alpha value is -1.00. The average Bonchev–Trinajstić information content (AvgIpc) is 2.06. The van der Waals surface area contributed by atoms with E-state index in [0.29, 0.717) is 0 Å². The van der Waals surface area contributed by atoms with Gasteiger partial charge in [-0.25, -0.2) is 0 Å². The highest BCUT2D eigenvalue weighted by molar-refractivity contribution is 7.80. The third kappa shape index (κ3) is 5.44. The van der Waals surface area contributed by atoms with Crippen LogP contribution in [0.2, 0.25) is 0 Å². The molecule has 0 bridgehead atoms. The molecular formula is C10H15ClN2OS. The third-order valence-electron chi connectivity index (χ3n) is 1.49. The first-order valence-corrected chi connectivity index (χ1v) is 4.82. The molecule has 3 N–H and O–H groups in total. The minimum atomic E-state index is 0. The molecule has 0 saturated carbocycles. The summed E-state index contributed by atoms with van der Waals surface area (Å²) in [6.07, 6.45) is 0.185. The predicted octanol–water partition coefficient (Wildman–Crippen LogP) is 2.55. The Morgan fingerprint density at radius 3 is 2.27 bits per heavy atom. The van der Waals surface area contributed by atoms with Crippen molar-refractivity contribution in [3.8, 4) is 5.75 Å². The molecule has 0 atom stereocenters. The van der Waals surface area contributed by atoms with Crippen molar-refractivity contribution >= 4 is 35.4 Å². The number of thiocarbonyl (C=S) groups is 1. The van der Waals surface area contributed by atoms with E-state index in [-0.39, 0.29) is 23.6 Å². The number of anilines is 1. The molecule has 15 heavy (non-hydrogen) atoms. The zero-order chi connectivity index (χ0) is 10.6. The van der Waals surface area contributed by atoms with Gasteiger partial charge in [-0.3, -0.25) is 0 Å². The van der Waals surface area contributed by atoms with Crippen LogP contribution in [0, 0.1) is 0 Å². The van der Waals surface area contributed by atoms with Gasteiger partial charge in [0.15, 0.2) is 5.11 Å². The van der Waals surface area contributed by atoms with E-state index < -0.39 is 0 Å². The Bertz CT molecular complexity index is 314. The van der Waals surface area contributed by atoms with Crippen LogP contribution in [0.4, 0.5) is 5.69 Å². The zero-order valence-corrected chi connectivity index (χ0v) is 10.3. The van der Waals surface area contributed by atoms with Crippen LogP contribution >= 0.6 is 24.6 Å². The molecule has 0 saturated heterocycles. The first-order chi connectivity index (χ1) is 6.58. The monoisotopic (exact) mass is 246 g/mol. The molecule has 0 spiro atoms. The van der Waals surface area contributed by atoms with Gasteiger partial charge < -0.3 is 15.8 Å². The highest BCUT2D eigenvalue weighted by atomic mass is 35.5. The lowest BCUT2D eigenvalue weighted by molar-refractivity contribution is 0.242. The molecule has 0 unspecified atom stereocenters. The van der Waals surface area contributed by atoms with Crippen LogP contribution in [0.3, 0.4) is 0 Å². The standard InChI is InChI=1S/C10H14N2OS.ClH/c1-7(2)13-9-5-3-8(4-6-9)12-10(11)14;/h3-7H,1-2H3,(H3,11,12,14);1H. The first kappa shape index (κ1) is 14.0. The molecule has 0 radical (unpaired) electrons. The molecule has 1 rings (SSSR count). The maximum Gasteiger partial charge on any atom is 0.168 e. The second-order valence-corrected chi connectivity index (χ2v) is 3.62. The summed E-state index contributed by atoms with van der Waals surface area (Å²) in [5, 5.41) is 3.11. The summed E-state index contributed by atoms with van der Waals surface area (Å²) >= 11 is 4.72. The fourth-order valence-corrected chi connectivity index (χ4v) is 1.15. The van der Waals surface area contributed by atoms with Crippen molar-refractivity contribution in [2.24, 2.45) is 5.73 Å². The summed E-state index contributed by atoms with van der Waals surface area (Å²) in [4.78, 5) is 0. The van der Waals surface area contributed by atoms with E-state index in [0.717, 1.165) is 11.4 Å². The van der Waals surface area contributed by atoms with Gasteiger partial charge in [0.25, 0.3) is 0 Å². The van der Waals surface area contributed by atoms with E-state index >= 15 is 0 Å². The SMILES string of the molecule is CC(C)Oc1ccc(NC(N)=S)cc1.Cl. The molecular weight excluding hydrogens is 232 g/mol. The Balaban J connectivity index is 0.00000196. The molecule has 0 aromatic heterocycles. The number of rotatable bonds is 3. The number of nitrogens with two attached hydrogens (primary N) is 1. The van der Waals surface area contributed by atoms with E-state index in [9.17, 15) is 0 Å². The minimum absolute atomic E-state index is 0. The number of halogens is 1. The number of ether oxygens (including phenoxy) is 1. The van der Waals surface area contributed by atoms with Crippen LogP contribution in [0.5, 0.6) is 5.75 Å². The fraction of sp³-hybridized carbons (Fsp3) is 0.300. The molecule has 3 nitrogen and oxygen atoms in total. The van der Waals surface area contributed by atoms with E-state index in [1.807, 2.05) is 38.1 Å². The van der Waals surface area contributed by atoms with Crippen molar-refractivity contribution in [3.05, 3.63) is 24.3 Å². The van der Waals surface area contributed by atoms with Crippen molar-refractivity contribution < 1.29 is 4.74 Å². The lowest BCUT2D eigenvalue weighted by Crippen LogP contribution is -2.18. The summed E-state index contributed by atoms with van der Waals surface area (Å²) in [5.74, 6) is 0.841. The van der Waals surface area contributed by atoms with Gasteiger partial charge in [0.05, 0.1) is 6.10 Å². The summed E-state index contributed by atoms with van der Waals surface area (Å²) in [6, 6.07) is 7.49. The summed E-state index contributed by atoms with van der Waals surface area (Å²) < 4.78 is 5.48. The lowest BCUT2D eigenvalue weighted by atomic mass is 10.3. The largest absolute Gasteiger partial charge is 0.491 e. The molecule has 0 aliphatic rings. The Kier molecular flexibility index (Phi) is 6.05. The number of nitrogens with one attached hydrogen (secondary N) is 1. The quantitative estimate of drug-likeness (QED) is 0.805. The molecule has 1 aromatic carbocycles. The molecule has 0 aliphatic carbocycles. The van der Waals surface area contributed by atoms with E-state index in [2.05, 4.69) is 5.32 Å². The summed E-state index contributed by atoms with van der Waals surface area (Å²) in [5.41, 5.74) is 6.20. The third-order valence-corrected chi connectivity index (χ3v) is 1.60. The number of hydrogen-bond acceptors (Lipinski definition) is 2. The highest BCUT2D eigenvalue weighted by Gasteiger charge is 1.97. The molecule has 1 aromatic rings. The zero-order valence-electron chi connectivity index (χ0n) is 8.69. The van der Waals surface area contributed by atoms with Crippen LogP contribution in [0.15, 0.2) is 24.3 Å². The van der Waals surface area contributed by atoms with Crippen molar-refractivity contribution in [2.45, 2.75) is 20.0 Å². The van der Waals surface area contributed by atoms with Crippen molar-refractivity contribution in [1.82, 2.24) is 0 Å². The topological polar surface area (TPSA) is 47.3 Å². The molecule has 0 fully saturated rings. The average molecular weight is 247 g/mol. The Morgan fingerprint density at radius 1 is 1.33 bits per heavy atom. The number of benzene rings is 1. The minimum Gasteiger partial charge on any atom is -0.491 e. The maximum atomic E-state index is 5.48. The molecule has 0 aliphatic heterocycles. The van der Waals surface area contributed by atoms with Gasteiger partial charge in [-0.15, -0.1) is 12.4 Å². The summed E-state index contributed by atoms with van der Waals surface area (Å²) in [7, 11) is 0. The van der Waals surface area contributed by atoms with Gasteiger partial charge in [0.1, 0.15) is 5.75 Å². The van der Waals surface area contributed by atoms with E-state index in [1.54, 1.807) is 0 Å². The van der Waals surface area contributed by atoms with E-state index in [4.69, 9.17) is 22.7 Å². The van der Waals surface area contributed by atoms with Crippen molar-refractivity contribution in [3.63, 3.8) is 0 Å². The van der Waals surface area contributed by atoms with Gasteiger partial charge in [-0.2, -0.15) is 0 Å². The van der Waals surface area contributed by atoms with Crippen LogP contribution in [-0.2, 0) is 0 Å². The molecule has 84 valence electrons. The number of hydrogen-bond donors (Lipinski definition) is 2. The van der Waals surface area contributed by atoms with E-state index in [1.165, 1.54) is 0 Å². The van der Waals surface area contributed by atoms with Gasteiger partial charge in [-0.1, -0.05) is 0 Å². The second-order valence-electron chi connectivity index (χ2n) is 3.18. The van der Waals surface area contributed by atoms with Crippen LogP contribution in [0.25, 0.3) is 0 Å². The molecule has 0 heterocycles. The van der Waals surface area contributed by atoms with Crippen molar-refractivity contribution in [1.29, 1.82) is 0 Å². The van der Waals surface area contributed by atoms with Gasteiger partial charge in [0, 0.05) is 5.69 Å². The Morgan fingerprint density at radius 2 is 1.87 bits per heavy atom. The van der Waals surface area contributed by atoms with Gasteiger partial charge in [0.2, 0.25) is 0 Å². The first-order valence-electron chi connectivity index (χ1n) is 4.41. The second kappa shape index (κ2) is 6.48. The van der Waals surface area contributed by atoms with Crippen LogP contribution in [0.1, 0.15) is 13.8 Å². The van der Waals surface area contributed by atoms with Crippen molar-refractivity contribution in [2.75, 3.05) is 5.32 Å². The Labute approximate surface area is 101 Å². The fourth-order valence-electron chi connectivity index (χ4n) is 1.03. The maximum absolute atomic E-state index is 5.48. The molecule has 0 amide bonds. The van der Waals surface area contributed by atoms with Gasteiger partial charge in [-0.05, 0) is 50.3 Å². The van der Waals surface area contributed by atoms with Crippen LogP contribution in [-0.4, -0.2) is 11.2 Å². The van der Waals surface area contributed by atoms with Crippen LogP contribution < -0.4 is 15.8 Å². The predicted molar refractivity (Wildman–Crippen MR) is 69.9 cm³/mol. The van der Waals surface area contributed by atoms with Gasteiger partial charge >= 0.3 is 0 Å². The molecule has 5 heteroatoms. The smallest absolute Gasteiger partial charge is 0.168 e.